The van der Waals surface area contributed by atoms with Gasteiger partial charge in [0.2, 0.25) is 5.91 Å². The summed E-state index contributed by atoms with van der Waals surface area (Å²) >= 11 is 0. The van der Waals surface area contributed by atoms with Gasteiger partial charge in [0.1, 0.15) is 12.2 Å². The van der Waals surface area contributed by atoms with E-state index >= 15 is 0 Å². The zero-order valence-corrected chi connectivity index (χ0v) is 28.2. The van der Waals surface area contributed by atoms with E-state index in [0.717, 1.165) is 38.5 Å². The van der Waals surface area contributed by atoms with E-state index in [-0.39, 0.29) is 0 Å². The lowest BCUT2D eigenvalue weighted by Crippen LogP contribution is -2.53. The number of nitrogens with one attached hydrogen (secondary N) is 1. The lowest BCUT2D eigenvalue weighted by molar-refractivity contribution is -0.132. The summed E-state index contributed by atoms with van der Waals surface area (Å²) in [7, 11) is 0. The number of unbranched alkanes of at least 4 members (excludes halogenated alkanes) is 19. The number of carbonyl (C=O) groups is 1. The molecule has 4 atom stereocenters. The highest BCUT2D eigenvalue weighted by Crippen LogP contribution is 2.14. The Morgan fingerprint density at radius 2 is 0.977 bits per heavy atom. The normalized spacial score (nSPS) is 14.8. The number of hydrogen-bond donors (Lipinski definition) is 5. The third-order valence-electron chi connectivity index (χ3n) is 8.39. The van der Waals surface area contributed by atoms with Gasteiger partial charge in [-0.2, -0.15) is 0 Å². The van der Waals surface area contributed by atoms with Crippen LogP contribution >= 0.6 is 0 Å². The second-order valence-electron chi connectivity index (χ2n) is 12.6. The summed E-state index contributed by atoms with van der Waals surface area (Å²) in [4.78, 5) is 12.4. The SMILES string of the molecule is CCCCCCCCCCC/C=C/CC/C=C/CCCC(O)C(O)C(CO)NC(=O)C(O)CCCCCCCCCCC. The molecule has 0 aliphatic rings. The smallest absolute Gasteiger partial charge is 0.249 e. The zero-order chi connectivity index (χ0) is 31.8. The average Bonchev–Trinajstić information content (AvgIpc) is 3.01. The highest BCUT2D eigenvalue weighted by atomic mass is 16.3. The molecule has 1 amide bonds. The maximum Gasteiger partial charge on any atom is 0.249 e. The molecule has 0 aromatic heterocycles. The molecule has 0 rings (SSSR count). The quantitative estimate of drug-likeness (QED) is 0.0388. The second-order valence-corrected chi connectivity index (χ2v) is 12.6. The fourth-order valence-electron chi connectivity index (χ4n) is 5.42. The number of allylic oxidation sites excluding steroid dienone is 4. The zero-order valence-electron chi connectivity index (χ0n) is 28.2. The van der Waals surface area contributed by atoms with Crippen molar-refractivity contribution < 1.29 is 25.2 Å². The molecule has 5 N–H and O–H groups in total. The number of carbonyl (C=O) groups excluding carboxylic acids is 1. The third kappa shape index (κ3) is 26.9. The summed E-state index contributed by atoms with van der Waals surface area (Å²) in [6.45, 7) is 3.98. The first-order valence-electron chi connectivity index (χ1n) is 18.2. The van der Waals surface area contributed by atoms with Crippen LogP contribution in [0.5, 0.6) is 0 Å². The van der Waals surface area contributed by atoms with E-state index in [2.05, 4.69) is 43.5 Å². The van der Waals surface area contributed by atoms with Crippen molar-refractivity contribution >= 4 is 5.91 Å². The molecule has 0 heterocycles. The van der Waals surface area contributed by atoms with Crippen molar-refractivity contribution in [3.05, 3.63) is 24.3 Å². The molecule has 0 fully saturated rings. The molecule has 0 saturated carbocycles. The number of rotatable bonds is 32. The second kappa shape index (κ2) is 32.2. The Bertz CT molecular complexity index is 653. The molecule has 0 aromatic carbocycles. The van der Waals surface area contributed by atoms with Gasteiger partial charge in [-0.3, -0.25) is 4.79 Å². The van der Waals surface area contributed by atoms with Gasteiger partial charge in [0.15, 0.2) is 0 Å². The fraction of sp³-hybridized carbons (Fsp3) is 0.865. The van der Waals surface area contributed by atoms with Crippen LogP contribution in [0.15, 0.2) is 24.3 Å². The summed E-state index contributed by atoms with van der Waals surface area (Å²) in [6, 6.07) is -1.00. The maximum atomic E-state index is 12.4. The molecule has 0 radical (unpaired) electrons. The Kier molecular flexibility index (Phi) is 31.3. The predicted molar refractivity (Wildman–Crippen MR) is 182 cm³/mol. The Morgan fingerprint density at radius 1 is 0.558 bits per heavy atom. The van der Waals surface area contributed by atoms with Gasteiger partial charge in [-0.15, -0.1) is 0 Å². The Morgan fingerprint density at radius 3 is 1.47 bits per heavy atom. The number of aliphatic hydroxyl groups is 4. The first-order valence-corrected chi connectivity index (χ1v) is 18.2. The molecule has 0 spiro atoms. The van der Waals surface area contributed by atoms with Crippen LogP contribution in [-0.4, -0.2) is 57.3 Å². The molecule has 254 valence electrons. The van der Waals surface area contributed by atoms with Crippen molar-refractivity contribution in [1.29, 1.82) is 0 Å². The molecule has 0 bridgehead atoms. The van der Waals surface area contributed by atoms with Crippen molar-refractivity contribution in [2.24, 2.45) is 0 Å². The molecule has 0 aliphatic carbocycles. The van der Waals surface area contributed by atoms with Crippen LogP contribution in [0.25, 0.3) is 0 Å². The molecule has 0 saturated heterocycles. The predicted octanol–water partition coefficient (Wildman–Crippen LogP) is 8.45. The van der Waals surface area contributed by atoms with Gasteiger partial charge in [0.05, 0.1) is 18.8 Å². The highest BCUT2D eigenvalue weighted by Gasteiger charge is 2.28. The van der Waals surface area contributed by atoms with Gasteiger partial charge >= 0.3 is 0 Å². The van der Waals surface area contributed by atoms with E-state index < -0.39 is 36.9 Å². The minimum absolute atomic E-state index is 0.361. The fourth-order valence-corrected chi connectivity index (χ4v) is 5.42. The number of aliphatic hydroxyl groups excluding tert-OH is 4. The summed E-state index contributed by atoms with van der Waals surface area (Å²) in [5, 5.41) is 43.3. The topological polar surface area (TPSA) is 110 Å². The summed E-state index contributed by atoms with van der Waals surface area (Å²) in [5.41, 5.74) is 0. The lowest BCUT2D eigenvalue weighted by atomic mass is 10.00. The number of hydrogen-bond acceptors (Lipinski definition) is 5. The van der Waals surface area contributed by atoms with Crippen LogP contribution < -0.4 is 5.32 Å². The van der Waals surface area contributed by atoms with E-state index in [0.29, 0.717) is 19.3 Å². The molecular weight excluding hydrogens is 538 g/mol. The molecule has 43 heavy (non-hydrogen) atoms. The lowest BCUT2D eigenvalue weighted by Gasteiger charge is -2.27. The van der Waals surface area contributed by atoms with E-state index in [4.69, 9.17) is 0 Å². The van der Waals surface area contributed by atoms with E-state index in [1.165, 1.54) is 103 Å². The van der Waals surface area contributed by atoms with Gasteiger partial charge in [0, 0.05) is 0 Å². The maximum absolute atomic E-state index is 12.4. The van der Waals surface area contributed by atoms with Crippen molar-refractivity contribution in [3.63, 3.8) is 0 Å². The molecular formula is C37H71NO5. The largest absolute Gasteiger partial charge is 0.394 e. The van der Waals surface area contributed by atoms with Gasteiger partial charge in [-0.05, 0) is 51.4 Å². The molecule has 4 unspecified atom stereocenters. The van der Waals surface area contributed by atoms with Gasteiger partial charge in [-0.1, -0.05) is 147 Å². The van der Waals surface area contributed by atoms with Crippen LogP contribution in [0.3, 0.4) is 0 Å². The average molecular weight is 610 g/mol. The van der Waals surface area contributed by atoms with Crippen LogP contribution in [0, 0.1) is 0 Å². The first kappa shape index (κ1) is 41.8. The monoisotopic (exact) mass is 610 g/mol. The molecule has 0 aliphatic heterocycles. The first-order chi connectivity index (χ1) is 21.0. The Hall–Kier alpha value is -1.21. The van der Waals surface area contributed by atoms with Crippen LogP contribution in [0.4, 0.5) is 0 Å². The standard InChI is InChI=1S/C37H71NO5/c1-3-5-7-9-11-13-14-15-16-17-18-19-20-21-23-24-26-28-30-34(40)36(42)33(32-39)38-37(43)35(41)31-29-27-25-22-12-10-8-6-4-2/h18-19,23-24,33-36,39-42H,3-17,20-22,25-32H2,1-2H3,(H,38,43)/b19-18+,24-23+. The van der Waals surface area contributed by atoms with Crippen molar-refractivity contribution in [1.82, 2.24) is 5.32 Å². The van der Waals surface area contributed by atoms with Gasteiger partial charge in [-0.25, -0.2) is 0 Å². The van der Waals surface area contributed by atoms with E-state index in [9.17, 15) is 25.2 Å². The van der Waals surface area contributed by atoms with Crippen LogP contribution in [0.1, 0.15) is 174 Å². The minimum Gasteiger partial charge on any atom is -0.394 e. The van der Waals surface area contributed by atoms with Crippen LogP contribution in [-0.2, 0) is 4.79 Å². The highest BCUT2D eigenvalue weighted by molar-refractivity contribution is 5.80. The van der Waals surface area contributed by atoms with Crippen molar-refractivity contribution in [3.8, 4) is 0 Å². The Labute approximate surface area is 265 Å². The molecule has 6 heteroatoms. The summed E-state index contributed by atoms with van der Waals surface area (Å²) < 4.78 is 0. The van der Waals surface area contributed by atoms with Gasteiger partial charge in [0.25, 0.3) is 0 Å². The van der Waals surface area contributed by atoms with E-state index in [1.807, 2.05) is 0 Å². The van der Waals surface area contributed by atoms with Crippen molar-refractivity contribution in [2.75, 3.05) is 6.61 Å². The number of amides is 1. The molecule has 0 aromatic rings. The van der Waals surface area contributed by atoms with Gasteiger partial charge < -0.3 is 25.7 Å². The third-order valence-corrected chi connectivity index (χ3v) is 8.39. The summed E-state index contributed by atoms with van der Waals surface area (Å²) in [5.74, 6) is -0.602. The van der Waals surface area contributed by atoms with E-state index in [1.54, 1.807) is 0 Å². The Balaban J connectivity index is 3.88. The van der Waals surface area contributed by atoms with Crippen LogP contribution in [0.2, 0.25) is 0 Å². The molecule has 6 nitrogen and oxygen atoms in total. The van der Waals surface area contributed by atoms with Crippen molar-refractivity contribution in [2.45, 2.75) is 199 Å². The summed E-state index contributed by atoms with van der Waals surface area (Å²) in [6.07, 6.45) is 33.5. The minimum atomic E-state index is -1.28.